The first-order chi connectivity index (χ1) is 14.6. The number of hydrogen-bond donors (Lipinski definition) is 2. The molecular weight excluding hydrogens is 414 g/mol. The van der Waals surface area contributed by atoms with Crippen LogP contribution in [0.4, 0.5) is 5.82 Å². The van der Waals surface area contributed by atoms with Crippen LogP contribution in [-0.2, 0) is 11.3 Å². The third-order valence-corrected chi connectivity index (χ3v) is 4.62. The molecule has 13 heteroatoms. The number of morpholine rings is 1. The number of ether oxygens (including phenoxy) is 1. The van der Waals surface area contributed by atoms with Crippen LogP contribution in [0.15, 0.2) is 34.0 Å². The third-order valence-electron chi connectivity index (χ3n) is 4.38. The number of nitrogens with zero attached hydrogens (tertiary/aromatic N) is 7. The van der Waals surface area contributed by atoms with E-state index in [4.69, 9.17) is 22.1 Å². The van der Waals surface area contributed by atoms with E-state index >= 15 is 0 Å². The molecule has 2 aromatic heterocycles. The Morgan fingerprint density at radius 2 is 2.17 bits per heavy atom. The first-order valence-electron chi connectivity index (χ1n) is 9.04. The zero-order valence-electron chi connectivity index (χ0n) is 15.7. The molecule has 1 aromatic carbocycles. The summed E-state index contributed by atoms with van der Waals surface area (Å²) in [4.78, 5) is 14.8. The third kappa shape index (κ3) is 4.45. The number of halogens is 1. The summed E-state index contributed by atoms with van der Waals surface area (Å²) in [5.41, 5.74) is 9.56. The molecule has 1 aliphatic heterocycles. The smallest absolute Gasteiger partial charge is 0.293 e. The number of benzene rings is 1. The van der Waals surface area contributed by atoms with Crippen LogP contribution in [0.5, 0.6) is 0 Å². The molecule has 0 atom stereocenters. The van der Waals surface area contributed by atoms with Crippen LogP contribution in [0.2, 0.25) is 5.02 Å². The van der Waals surface area contributed by atoms with Crippen molar-refractivity contribution >= 4 is 29.5 Å². The minimum atomic E-state index is -0.530. The van der Waals surface area contributed by atoms with Crippen molar-refractivity contribution in [3.05, 3.63) is 46.2 Å². The van der Waals surface area contributed by atoms with Crippen molar-refractivity contribution in [2.24, 2.45) is 5.10 Å². The number of carbonyl (C=O) groups excluding carboxylic acids is 1. The van der Waals surface area contributed by atoms with E-state index in [0.29, 0.717) is 43.6 Å². The molecule has 1 aliphatic rings. The topological polar surface area (TPSA) is 150 Å². The number of rotatable bonds is 6. The molecule has 4 rings (SSSR count). The predicted molar refractivity (Wildman–Crippen MR) is 106 cm³/mol. The van der Waals surface area contributed by atoms with Crippen LogP contribution in [0.25, 0.3) is 5.82 Å². The maximum atomic E-state index is 12.7. The fourth-order valence-corrected chi connectivity index (χ4v) is 3.10. The summed E-state index contributed by atoms with van der Waals surface area (Å²) in [5, 5.41) is 19.9. The highest BCUT2D eigenvalue weighted by Crippen LogP contribution is 2.18. The molecule has 12 nitrogen and oxygen atoms in total. The summed E-state index contributed by atoms with van der Waals surface area (Å²) < 4.78 is 11.4. The molecule has 0 aliphatic carbocycles. The lowest BCUT2D eigenvalue weighted by Gasteiger charge is -2.26. The van der Waals surface area contributed by atoms with Crippen molar-refractivity contribution in [1.82, 2.24) is 35.6 Å². The largest absolute Gasteiger partial charge is 0.379 e. The Morgan fingerprint density at radius 3 is 2.90 bits per heavy atom. The van der Waals surface area contributed by atoms with E-state index in [1.807, 2.05) is 6.07 Å². The van der Waals surface area contributed by atoms with Gasteiger partial charge in [-0.25, -0.2) is 10.1 Å². The van der Waals surface area contributed by atoms with E-state index in [1.165, 1.54) is 10.9 Å². The quantitative estimate of drug-likeness (QED) is 0.419. The van der Waals surface area contributed by atoms with Gasteiger partial charge in [-0.15, -0.1) is 5.10 Å². The maximum absolute atomic E-state index is 12.7. The number of carbonyl (C=O) groups is 1. The van der Waals surface area contributed by atoms with Gasteiger partial charge in [-0.1, -0.05) is 28.9 Å². The van der Waals surface area contributed by atoms with E-state index in [9.17, 15) is 4.79 Å². The molecule has 3 N–H and O–H groups in total. The van der Waals surface area contributed by atoms with Crippen LogP contribution in [0, 0.1) is 0 Å². The van der Waals surface area contributed by atoms with Gasteiger partial charge in [0.2, 0.25) is 11.6 Å². The van der Waals surface area contributed by atoms with Crippen molar-refractivity contribution in [3.8, 4) is 5.82 Å². The number of hydrogen-bond acceptors (Lipinski definition) is 10. The van der Waals surface area contributed by atoms with Gasteiger partial charge in [-0.2, -0.15) is 9.78 Å². The van der Waals surface area contributed by atoms with E-state index < -0.39 is 5.91 Å². The maximum Gasteiger partial charge on any atom is 0.293 e. The molecule has 1 amide bonds. The lowest BCUT2D eigenvalue weighted by molar-refractivity contribution is 0.0332. The molecule has 3 heterocycles. The molecule has 0 radical (unpaired) electrons. The fraction of sp³-hybridized carbons (Fsp3) is 0.294. The Labute approximate surface area is 175 Å². The van der Waals surface area contributed by atoms with E-state index in [0.717, 1.165) is 5.56 Å². The number of nitrogens with one attached hydrogen (secondary N) is 1. The van der Waals surface area contributed by atoms with E-state index in [2.05, 4.69) is 40.7 Å². The number of anilines is 1. The summed E-state index contributed by atoms with van der Waals surface area (Å²) in [6, 6.07) is 7.06. The second-order valence-electron chi connectivity index (χ2n) is 6.41. The summed E-state index contributed by atoms with van der Waals surface area (Å²) >= 11 is 5.95. The zero-order chi connectivity index (χ0) is 20.9. The lowest BCUT2D eigenvalue weighted by Crippen LogP contribution is -2.37. The minimum Gasteiger partial charge on any atom is -0.379 e. The second kappa shape index (κ2) is 8.98. The van der Waals surface area contributed by atoms with Crippen molar-refractivity contribution < 1.29 is 14.2 Å². The fourth-order valence-electron chi connectivity index (χ4n) is 2.90. The number of hydrazone groups is 1. The van der Waals surface area contributed by atoms with Gasteiger partial charge in [0.25, 0.3) is 5.91 Å². The predicted octanol–water partition coefficient (Wildman–Crippen LogP) is 0.482. The molecule has 0 bridgehead atoms. The summed E-state index contributed by atoms with van der Waals surface area (Å²) in [7, 11) is 0. The van der Waals surface area contributed by atoms with Crippen LogP contribution in [-0.4, -0.2) is 68.6 Å². The second-order valence-corrected chi connectivity index (χ2v) is 6.85. The minimum absolute atomic E-state index is 0.0362. The first-order valence-corrected chi connectivity index (χ1v) is 9.41. The summed E-state index contributed by atoms with van der Waals surface area (Å²) in [6.45, 7) is 2.97. The molecule has 156 valence electrons. The lowest BCUT2D eigenvalue weighted by atomic mass is 10.2. The van der Waals surface area contributed by atoms with Gasteiger partial charge in [-0.05, 0) is 28.0 Å². The SMILES string of the molecule is Nc1nonc1-n1nnc(C(=O)N/N=C/c2cccc(Cl)c2)c1CN1CCOCC1. The Hall–Kier alpha value is -3.35. The molecule has 0 unspecified atom stereocenters. The summed E-state index contributed by atoms with van der Waals surface area (Å²) in [5.74, 6) is -0.334. The van der Waals surface area contributed by atoms with Gasteiger partial charge >= 0.3 is 0 Å². The summed E-state index contributed by atoms with van der Waals surface area (Å²) in [6.07, 6.45) is 1.48. The molecule has 1 fully saturated rings. The van der Waals surface area contributed by atoms with E-state index in [-0.39, 0.29) is 17.3 Å². The van der Waals surface area contributed by atoms with Crippen molar-refractivity contribution in [1.29, 1.82) is 0 Å². The van der Waals surface area contributed by atoms with Crippen molar-refractivity contribution in [2.45, 2.75) is 6.54 Å². The van der Waals surface area contributed by atoms with Gasteiger partial charge in [0.05, 0.1) is 25.1 Å². The average molecular weight is 432 g/mol. The monoisotopic (exact) mass is 431 g/mol. The normalized spacial score (nSPS) is 15.0. The Balaban J connectivity index is 1.57. The van der Waals surface area contributed by atoms with Crippen LogP contribution in [0.1, 0.15) is 21.7 Å². The van der Waals surface area contributed by atoms with Gasteiger partial charge in [0, 0.05) is 24.7 Å². The Kier molecular flexibility index (Phi) is 5.97. The highest BCUT2D eigenvalue weighted by Gasteiger charge is 2.26. The molecule has 1 saturated heterocycles. The number of nitrogen functional groups attached to an aromatic ring is 1. The zero-order valence-corrected chi connectivity index (χ0v) is 16.5. The molecule has 0 spiro atoms. The Morgan fingerprint density at radius 1 is 1.33 bits per heavy atom. The first kappa shape index (κ1) is 19.9. The number of aromatic nitrogens is 5. The van der Waals surface area contributed by atoms with Crippen LogP contribution < -0.4 is 11.2 Å². The average Bonchev–Trinajstić information content (AvgIpc) is 3.34. The van der Waals surface area contributed by atoms with E-state index in [1.54, 1.807) is 18.2 Å². The molecular formula is C17H18ClN9O3. The van der Waals surface area contributed by atoms with Crippen molar-refractivity contribution in [3.63, 3.8) is 0 Å². The molecule has 0 saturated carbocycles. The van der Waals surface area contributed by atoms with Crippen molar-refractivity contribution in [2.75, 3.05) is 32.0 Å². The highest BCUT2D eigenvalue weighted by molar-refractivity contribution is 6.30. The van der Waals surface area contributed by atoms with Gasteiger partial charge in [-0.3, -0.25) is 9.69 Å². The number of nitrogens with two attached hydrogens (primary N) is 1. The Bertz CT molecular complexity index is 1060. The highest BCUT2D eigenvalue weighted by atomic mass is 35.5. The molecule has 3 aromatic rings. The standard InChI is InChI=1S/C17H18ClN9O3/c18-12-3-1-2-11(8-12)9-20-22-17(28)14-13(10-26-4-6-29-7-5-26)27(25-21-14)16-15(19)23-30-24-16/h1-3,8-9H,4-7,10H2,(H2,19,23)(H,22,28)/b20-9+. The van der Waals surface area contributed by atoms with Gasteiger partial charge < -0.3 is 10.5 Å². The number of amides is 1. The molecule has 30 heavy (non-hydrogen) atoms. The van der Waals surface area contributed by atoms with Gasteiger partial charge in [0.1, 0.15) is 0 Å². The van der Waals surface area contributed by atoms with Crippen LogP contribution >= 0.6 is 11.6 Å². The van der Waals surface area contributed by atoms with Crippen LogP contribution in [0.3, 0.4) is 0 Å². The van der Waals surface area contributed by atoms with Gasteiger partial charge in [0.15, 0.2) is 5.69 Å².